The molecule has 0 spiro atoms. The van der Waals surface area contributed by atoms with Gasteiger partial charge in [0.2, 0.25) is 0 Å². The van der Waals surface area contributed by atoms with Gasteiger partial charge in [-0.2, -0.15) is 0 Å². The van der Waals surface area contributed by atoms with Crippen molar-refractivity contribution >= 4 is 34.1 Å². The Labute approximate surface area is 179 Å². The molecule has 3 heterocycles. The number of likely N-dealkylation sites (tertiary alicyclic amines) is 1. The zero-order valence-electron chi connectivity index (χ0n) is 16.8. The van der Waals surface area contributed by atoms with Crippen molar-refractivity contribution in [1.29, 1.82) is 0 Å². The first-order valence-corrected chi connectivity index (χ1v) is 11.2. The average Bonchev–Trinajstić information content (AvgIpc) is 2.99. The molecule has 0 bridgehead atoms. The third-order valence-electron chi connectivity index (χ3n) is 6.67. The van der Waals surface area contributed by atoms with Crippen LogP contribution in [-0.2, 0) is 14.3 Å². The van der Waals surface area contributed by atoms with E-state index >= 15 is 0 Å². The van der Waals surface area contributed by atoms with E-state index < -0.39 is 0 Å². The van der Waals surface area contributed by atoms with Crippen LogP contribution in [0.25, 0.3) is 6.08 Å². The van der Waals surface area contributed by atoms with Gasteiger partial charge in [0.1, 0.15) is 6.10 Å². The number of nitrogens with zero attached hydrogens (tertiary/aromatic N) is 2. The zero-order chi connectivity index (χ0) is 20.5. The van der Waals surface area contributed by atoms with E-state index in [9.17, 15) is 9.59 Å². The summed E-state index contributed by atoms with van der Waals surface area (Å²) in [5.41, 5.74) is 0.897. The van der Waals surface area contributed by atoms with E-state index in [1.54, 1.807) is 11.1 Å². The summed E-state index contributed by atoms with van der Waals surface area (Å²) >= 11 is 3.42. The lowest BCUT2D eigenvalue weighted by Crippen LogP contribution is -2.51. The minimum atomic E-state index is -0.249. The maximum atomic E-state index is 12.5. The minimum absolute atomic E-state index is 0.0796. The Balaban J connectivity index is 1.58. The Hall–Kier alpha value is -1.89. The van der Waals surface area contributed by atoms with Gasteiger partial charge in [0.15, 0.2) is 0 Å². The molecule has 29 heavy (non-hydrogen) atoms. The molecular weight excluding hydrogens is 436 g/mol. The van der Waals surface area contributed by atoms with Crippen molar-refractivity contribution in [3.8, 4) is 0 Å². The molecule has 0 aromatic carbocycles. The third kappa shape index (κ3) is 4.06. The first-order chi connectivity index (χ1) is 14.0. The molecule has 1 aliphatic carbocycles. The molecule has 7 heteroatoms. The predicted octanol–water partition coefficient (Wildman–Crippen LogP) is 4.15. The molecule has 0 radical (unpaired) electrons. The van der Waals surface area contributed by atoms with E-state index in [2.05, 4.69) is 33.1 Å². The minimum Gasteiger partial charge on any atom is -0.462 e. The van der Waals surface area contributed by atoms with Gasteiger partial charge in [-0.25, -0.2) is 4.79 Å². The van der Waals surface area contributed by atoms with Crippen LogP contribution in [-0.4, -0.2) is 47.7 Å². The quantitative estimate of drug-likeness (QED) is 0.630. The number of hydrogen-bond donors (Lipinski definition) is 0. The lowest BCUT2D eigenvalue weighted by Gasteiger charge is -2.48. The van der Waals surface area contributed by atoms with Gasteiger partial charge in [0.25, 0.3) is 0 Å². The predicted molar refractivity (Wildman–Crippen MR) is 112 cm³/mol. The molecule has 1 aromatic rings. The number of halogens is 1. The first kappa shape index (κ1) is 20.4. The number of fused-ring (bicyclic) bond motifs is 2. The van der Waals surface area contributed by atoms with Crippen molar-refractivity contribution in [2.75, 3.05) is 19.7 Å². The molecule has 2 saturated heterocycles. The summed E-state index contributed by atoms with van der Waals surface area (Å²) in [5, 5.41) is 0. The Bertz CT molecular complexity index is 797. The van der Waals surface area contributed by atoms with Gasteiger partial charge in [-0.05, 0) is 78.6 Å². The highest BCUT2D eigenvalue weighted by Crippen LogP contribution is 2.51. The number of carbonyl (C=O) groups is 2. The van der Waals surface area contributed by atoms with Crippen LogP contribution in [0.1, 0.15) is 32.4 Å². The highest BCUT2D eigenvalue weighted by Gasteiger charge is 2.54. The summed E-state index contributed by atoms with van der Waals surface area (Å²) in [6, 6.07) is 3.95. The Morgan fingerprint density at radius 2 is 2.28 bits per heavy atom. The second-order valence-corrected chi connectivity index (χ2v) is 9.17. The smallest absolute Gasteiger partial charge is 0.409 e. The van der Waals surface area contributed by atoms with E-state index in [0.29, 0.717) is 25.6 Å². The van der Waals surface area contributed by atoms with Gasteiger partial charge in [0.05, 0.1) is 18.2 Å². The van der Waals surface area contributed by atoms with Gasteiger partial charge in [0, 0.05) is 29.7 Å². The molecule has 6 unspecified atom stereocenters. The number of carbonyl (C=O) groups excluding carboxylic acids is 2. The fourth-order valence-electron chi connectivity index (χ4n) is 5.43. The van der Waals surface area contributed by atoms with Crippen molar-refractivity contribution in [3.63, 3.8) is 0 Å². The van der Waals surface area contributed by atoms with Gasteiger partial charge < -0.3 is 14.4 Å². The van der Waals surface area contributed by atoms with Crippen LogP contribution in [0.4, 0.5) is 4.79 Å². The molecule has 2 aliphatic heterocycles. The fraction of sp³-hybridized carbons (Fsp3) is 0.591. The van der Waals surface area contributed by atoms with Crippen LogP contribution in [0.2, 0.25) is 0 Å². The molecule has 156 valence electrons. The monoisotopic (exact) mass is 462 g/mol. The number of aromatic nitrogens is 1. The maximum absolute atomic E-state index is 12.5. The fourth-order valence-corrected chi connectivity index (χ4v) is 5.67. The van der Waals surface area contributed by atoms with Crippen molar-refractivity contribution in [2.24, 2.45) is 29.6 Å². The largest absolute Gasteiger partial charge is 0.462 e. The number of pyridine rings is 1. The van der Waals surface area contributed by atoms with Crippen molar-refractivity contribution < 1.29 is 19.1 Å². The second-order valence-electron chi connectivity index (χ2n) is 8.26. The van der Waals surface area contributed by atoms with Gasteiger partial charge in [-0.1, -0.05) is 6.08 Å². The summed E-state index contributed by atoms with van der Waals surface area (Å²) < 4.78 is 11.8. The average molecular weight is 463 g/mol. The van der Waals surface area contributed by atoms with Gasteiger partial charge >= 0.3 is 12.1 Å². The number of hydrogen-bond acceptors (Lipinski definition) is 5. The Kier molecular flexibility index (Phi) is 5.95. The van der Waals surface area contributed by atoms with E-state index in [1.165, 1.54) is 0 Å². The SMILES string of the molecule is CCOC(=O)N1CCC2C(CC3C(=O)OC(C)C3C2/C=C/c2ccc(Br)cn2)C1. The molecule has 1 amide bonds. The number of ether oxygens (including phenoxy) is 2. The molecule has 4 rings (SSSR count). The topological polar surface area (TPSA) is 68.7 Å². The second kappa shape index (κ2) is 8.46. The Morgan fingerprint density at radius 1 is 1.45 bits per heavy atom. The standard InChI is InChI=1S/C22H27BrN2O4/c1-3-28-22(27)25-9-8-17-14(12-25)10-19-20(13(2)29-21(19)26)18(17)7-6-16-5-4-15(23)11-24-16/h4-7,11,13-14,17-20H,3,8-10,12H2,1-2H3/b7-6+. The number of cyclic esters (lactones) is 1. The van der Waals surface area contributed by atoms with Crippen molar-refractivity contribution in [3.05, 3.63) is 34.6 Å². The van der Waals surface area contributed by atoms with Crippen LogP contribution >= 0.6 is 15.9 Å². The molecule has 3 aliphatic rings. The summed E-state index contributed by atoms with van der Waals surface area (Å²) in [6.45, 7) is 5.55. The number of esters is 1. The molecule has 0 N–H and O–H groups in total. The van der Waals surface area contributed by atoms with E-state index in [4.69, 9.17) is 9.47 Å². The molecular formula is C22H27BrN2O4. The van der Waals surface area contributed by atoms with Crippen molar-refractivity contribution in [1.82, 2.24) is 9.88 Å². The summed E-state index contributed by atoms with van der Waals surface area (Å²) in [5.74, 6) is 0.931. The molecule has 1 saturated carbocycles. The normalized spacial score (nSPS) is 33.9. The van der Waals surface area contributed by atoms with E-state index in [0.717, 1.165) is 23.0 Å². The molecule has 6 nitrogen and oxygen atoms in total. The zero-order valence-corrected chi connectivity index (χ0v) is 18.4. The van der Waals surface area contributed by atoms with Crippen molar-refractivity contribution in [2.45, 2.75) is 32.8 Å². The van der Waals surface area contributed by atoms with Gasteiger partial charge in [-0.3, -0.25) is 9.78 Å². The maximum Gasteiger partial charge on any atom is 0.409 e. The lowest BCUT2D eigenvalue weighted by atomic mass is 9.59. The molecule has 3 fully saturated rings. The summed E-state index contributed by atoms with van der Waals surface area (Å²) in [7, 11) is 0. The van der Waals surface area contributed by atoms with Crippen LogP contribution < -0.4 is 0 Å². The molecule has 6 atom stereocenters. The third-order valence-corrected chi connectivity index (χ3v) is 7.13. The van der Waals surface area contributed by atoms with Gasteiger partial charge in [-0.15, -0.1) is 0 Å². The van der Waals surface area contributed by atoms with Crippen LogP contribution in [0, 0.1) is 29.6 Å². The lowest BCUT2D eigenvalue weighted by molar-refractivity contribution is -0.144. The summed E-state index contributed by atoms with van der Waals surface area (Å²) in [6.07, 6.45) is 7.44. The highest BCUT2D eigenvalue weighted by atomic mass is 79.9. The first-order valence-electron chi connectivity index (χ1n) is 10.4. The van der Waals surface area contributed by atoms with E-state index in [-0.39, 0.29) is 41.8 Å². The van der Waals surface area contributed by atoms with E-state index in [1.807, 2.05) is 26.0 Å². The summed E-state index contributed by atoms with van der Waals surface area (Å²) in [4.78, 5) is 31.0. The van der Waals surface area contributed by atoms with Crippen LogP contribution in [0.3, 0.4) is 0 Å². The number of piperidine rings is 1. The van der Waals surface area contributed by atoms with Crippen LogP contribution in [0.5, 0.6) is 0 Å². The highest BCUT2D eigenvalue weighted by molar-refractivity contribution is 9.10. The number of allylic oxidation sites excluding steroid dienone is 1. The van der Waals surface area contributed by atoms with Crippen LogP contribution in [0.15, 0.2) is 28.9 Å². The number of amides is 1. The Morgan fingerprint density at radius 3 is 3.00 bits per heavy atom. The molecule has 1 aromatic heterocycles. The number of rotatable bonds is 3.